The maximum absolute atomic E-state index is 5.82. The molecule has 1 aliphatic rings. The molecule has 1 aromatic rings. The highest BCUT2D eigenvalue weighted by atomic mass is 35.5. The normalized spacial score (nSPS) is 25.9. The molecule has 1 nitrogen and oxygen atoms in total. The highest BCUT2D eigenvalue weighted by Crippen LogP contribution is 2.41. The molecule has 1 aliphatic carbocycles. The van der Waals surface area contributed by atoms with Crippen molar-refractivity contribution in [2.45, 2.75) is 18.8 Å². The Labute approximate surface area is 89.9 Å². The number of hydrogen-bond acceptors (Lipinski definition) is 1. The minimum atomic E-state index is 0. The second-order valence-electron chi connectivity index (χ2n) is 3.35. The lowest BCUT2D eigenvalue weighted by atomic mass is 9.73. The van der Waals surface area contributed by atoms with Gasteiger partial charge in [-0.15, -0.1) is 24.0 Å². The van der Waals surface area contributed by atoms with Crippen LogP contribution in [0.1, 0.15) is 24.5 Å². The molecule has 2 atom stereocenters. The Kier molecular flexibility index (Phi) is 4.01. The van der Waals surface area contributed by atoms with Crippen LogP contribution in [0.3, 0.4) is 0 Å². The van der Waals surface area contributed by atoms with E-state index >= 15 is 0 Å². The number of rotatable bonds is 2. The molecule has 0 spiro atoms. The number of aromatic nitrogens is 1. The van der Waals surface area contributed by atoms with Crippen molar-refractivity contribution in [2.24, 2.45) is 5.92 Å². The van der Waals surface area contributed by atoms with E-state index in [1.54, 1.807) is 0 Å². The maximum Gasteiger partial charge on any atom is 0.0437 e. The Balaban J connectivity index is 0.000000845. The minimum Gasteiger partial charge on any atom is -0.261 e. The molecule has 0 amide bonds. The summed E-state index contributed by atoms with van der Waals surface area (Å²) in [6, 6.07) is 6.10. The molecule has 1 saturated carbocycles. The van der Waals surface area contributed by atoms with E-state index in [0.29, 0.717) is 11.8 Å². The average molecular weight is 218 g/mol. The lowest BCUT2D eigenvalue weighted by Crippen LogP contribution is -2.25. The number of pyridine rings is 1. The van der Waals surface area contributed by atoms with Gasteiger partial charge in [-0.2, -0.15) is 0 Å². The molecule has 0 saturated heterocycles. The van der Waals surface area contributed by atoms with E-state index in [1.807, 2.05) is 18.3 Å². The van der Waals surface area contributed by atoms with Gasteiger partial charge in [-0.05, 0) is 30.9 Å². The largest absolute Gasteiger partial charge is 0.261 e. The van der Waals surface area contributed by atoms with Gasteiger partial charge in [-0.1, -0.05) is 6.07 Å². The predicted molar refractivity (Wildman–Crippen MR) is 57.7 cm³/mol. The Morgan fingerprint density at radius 1 is 1.38 bits per heavy atom. The molecular formula is C10H13Cl2N. The molecule has 2 rings (SSSR count). The highest BCUT2D eigenvalue weighted by molar-refractivity contribution is 6.18. The summed E-state index contributed by atoms with van der Waals surface area (Å²) in [5.74, 6) is 2.08. The number of alkyl halides is 1. The van der Waals surface area contributed by atoms with E-state index in [-0.39, 0.29) is 12.4 Å². The number of nitrogens with zero attached hydrogens (tertiary/aromatic N) is 1. The quantitative estimate of drug-likeness (QED) is 0.694. The molecule has 13 heavy (non-hydrogen) atoms. The fourth-order valence-electron chi connectivity index (χ4n) is 1.74. The van der Waals surface area contributed by atoms with Crippen LogP contribution in [0.5, 0.6) is 0 Å². The first kappa shape index (κ1) is 10.8. The van der Waals surface area contributed by atoms with Crippen LogP contribution in [0.2, 0.25) is 0 Å². The molecule has 2 unspecified atom stereocenters. The molecular weight excluding hydrogens is 205 g/mol. The summed E-state index contributed by atoms with van der Waals surface area (Å²) in [4.78, 5) is 4.34. The summed E-state index contributed by atoms with van der Waals surface area (Å²) in [7, 11) is 0. The second kappa shape index (κ2) is 4.83. The van der Waals surface area contributed by atoms with Crippen molar-refractivity contribution < 1.29 is 0 Å². The van der Waals surface area contributed by atoms with Gasteiger partial charge in [0.15, 0.2) is 0 Å². The topological polar surface area (TPSA) is 12.9 Å². The molecule has 72 valence electrons. The lowest BCUT2D eigenvalue weighted by molar-refractivity contribution is 0.279. The van der Waals surface area contributed by atoms with E-state index in [2.05, 4.69) is 11.1 Å². The van der Waals surface area contributed by atoms with Crippen LogP contribution in [-0.2, 0) is 0 Å². The monoisotopic (exact) mass is 217 g/mol. The van der Waals surface area contributed by atoms with Crippen molar-refractivity contribution >= 4 is 24.0 Å². The SMILES string of the molecule is Cl.ClCC1CCC1c1ccccn1. The molecule has 0 aromatic carbocycles. The Morgan fingerprint density at radius 2 is 2.23 bits per heavy atom. The summed E-state index contributed by atoms with van der Waals surface area (Å²) in [6.45, 7) is 0. The fraction of sp³-hybridized carbons (Fsp3) is 0.500. The van der Waals surface area contributed by atoms with Crippen LogP contribution < -0.4 is 0 Å². The number of hydrogen-bond donors (Lipinski definition) is 0. The predicted octanol–water partition coefficient (Wildman–Crippen LogP) is 3.24. The smallest absolute Gasteiger partial charge is 0.0437 e. The first-order valence-corrected chi connectivity index (χ1v) is 4.92. The molecule has 0 radical (unpaired) electrons. The van der Waals surface area contributed by atoms with Gasteiger partial charge in [0.2, 0.25) is 0 Å². The standard InChI is InChI=1S/C10H12ClN.ClH/c11-7-8-4-5-9(8)10-3-1-2-6-12-10;/h1-3,6,8-9H,4-5,7H2;1H. The van der Waals surface area contributed by atoms with E-state index in [1.165, 1.54) is 18.5 Å². The summed E-state index contributed by atoms with van der Waals surface area (Å²) in [5.41, 5.74) is 1.22. The van der Waals surface area contributed by atoms with Crippen molar-refractivity contribution in [1.82, 2.24) is 4.98 Å². The van der Waals surface area contributed by atoms with Crippen molar-refractivity contribution in [3.63, 3.8) is 0 Å². The highest BCUT2D eigenvalue weighted by Gasteiger charge is 2.31. The molecule has 0 N–H and O–H groups in total. The first-order valence-electron chi connectivity index (χ1n) is 4.38. The van der Waals surface area contributed by atoms with E-state index in [0.717, 1.165) is 5.88 Å². The number of halogens is 2. The van der Waals surface area contributed by atoms with Crippen molar-refractivity contribution in [2.75, 3.05) is 5.88 Å². The van der Waals surface area contributed by atoms with Gasteiger partial charge in [0.25, 0.3) is 0 Å². The first-order chi connectivity index (χ1) is 5.92. The van der Waals surface area contributed by atoms with E-state index in [9.17, 15) is 0 Å². The van der Waals surface area contributed by atoms with Gasteiger partial charge in [-0.3, -0.25) is 4.98 Å². The summed E-state index contributed by atoms with van der Waals surface area (Å²) < 4.78 is 0. The van der Waals surface area contributed by atoms with Crippen LogP contribution in [0, 0.1) is 5.92 Å². The maximum atomic E-state index is 5.82. The van der Waals surface area contributed by atoms with Crippen LogP contribution in [0.25, 0.3) is 0 Å². The second-order valence-corrected chi connectivity index (χ2v) is 3.66. The summed E-state index contributed by atoms with van der Waals surface area (Å²) in [6.07, 6.45) is 4.39. The third-order valence-corrected chi connectivity index (χ3v) is 3.08. The van der Waals surface area contributed by atoms with E-state index < -0.39 is 0 Å². The van der Waals surface area contributed by atoms with Crippen LogP contribution in [-0.4, -0.2) is 10.9 Å². The van der Waals surface area contributed by atoms with E-state index in [4.69, 9.17) is 11.6 Å². The molecule has 0 aliphatic heterocycles. The minimum absolute atomic E-state index is 0. The van der Waals surface area contributed by atoms with Gasteiger partial charge in [-0.25, -0.2) is 0 Å². The zero-order chi connectivity index (χ0) is 8.39. The fourth-order valence-corrected chi connectivity index (χ4v) is 2.11. The lowest BCUT2D eigenvalue weighted by Gasteiger charge is -2.34. The van der Waals surface area contributed by atoms with Gasteiger partial charge in [0.1, 0.15) is 0 Å². The third-order valence-electron chi connectivity index (χ3n) is 2.68. The van der Waals surface area contributed by atoms with Gasteiger partial charge < -0.3 is 0 Å². The Bertz CT molecular complexity index is 248. The van der Waals surface area contributed by atoms with Crippen LogP contribution >= 0.6 is 24.0 Å². The zero-order valence-electron chi connectivity index (χ0n) is 7.32. The summed E-state index contributed by atoms with van der Waals surface area (Å²) >= 11 is 5.82. The molecule has 3 heteroatoms. The van der Waals surface area contributed by atoms with Gasteiger partial charge >= 0.3 is 0 Å². The Morgan fingerprint density at radius 3 is 2.69 bits per heavy atom. The Hall–Kier alpha value is -0.270. The van der Waals surface area contributed by atoms with Crippen LogP contribution in [0.15, 0.2) is 24.4 Å². The molecule has 1 aromatic heterocycles. The van der Waals surface area contributed by atoms with Crippen molar-refractivity contribution in [3.8, 4) is 0 Å². The molecule has 1 fully saturated rings. The van der Waals surface area contributed by atoms with Crippen molar-refractivity contribution in [3.05, 3.63) is 30.1 Å². The molecule has 0 bridgehead atoms. The summed E-state index contributed by atoms with van der Waals surface area (Å²) in [5, 5.41) is 0. The average Bonchev–Trinajstić information content (AvgIpc) is 2.05. The third kappa shape index (κ3) is 2.15. The van der Waals surface area contributed by atoms with Gasteiger partial charge in [0.05, 0.1) is 0 Å². The zero-order valence-corrected chi connectivity index (χ0v) is 8.89. The van der Waals surface area contributed by atoms with Crippen molar-refractivity contribution in [1.29, 1.82) is 0 Å². The molecule has 1 heterocycles. The van der Waals surface area contributed by atoms with Crippen LogP contribution in [0.4, 0.5) is 0 Å². The van der Waals surface area contributed by atoms with Gasteiger partial charge in [0, 0.05) is 23.7 Å².